The van der Waals surface area contributed by atoms with Crippen LogP contribution in [-0.2, 0) is 12.6 Å². The molecule has 0 atom stereocenters. The Labute approximate surface area is 100 Å². The minimum Gasteiger partial charge on any atom is -0.397 e. The van der Waals surface area contributed by atoms with Crippen molar-refractivity contribution in [3.05, 3.63) is 29.6 Å². The van der Waals surface area contributed by atoms with E-state index in [-0.39, 0.29) is 5.69 Å². The van der Waals surface area contributed by atoms with Crippen LogP contribution in [0.3, 0.4) is 0 Å². The molecule has 0 saturated heterocycles. The summed E-state index contributed by atoms with van der Waals surface area (Å²) in [6, 6.07) is 3.08. The summed E-state index contributed by atoms with van der Waals surface area (Å²) in [7, 11) is 0. The average molecular weight is 257 g/mol. The van der Waals surface area contributed by atoms with Gasteiger partial charge in [-0.15, -0.1) is 5.10 Å². The molecule has 0 spiro atoms. The molecule has 1 aromatic heterocycles. The lowest BCUT2D eigenvalue weighted by Crippen LogP contribution is -2.09. The number of aryl methyl sites for hydroxylation is 1. The third-order valence-corrected chi connectivity index (χ3v) is 2.43. The first-order chi connectivity index (χ1) is 8.43. The molecule has 96 valence electrons. The third-order valence-electron chi connectivity index (χ3n) is 2.43. The fourth-order valence-corrected chi connectivity index (χ4v) is 1.54. The van der Waals surface area contributed by atoms with Crippen molar-refractivity contribution < 1.29 is 13.2 Å². The monoisotopic (exact) mass is 257 g/mol. The van der Waals surface area contributed by atoms with E-state index >= 15 is 0 Å². The zero-order valence-corrected chi connectivity index (χ0v) is 9.44. The summed E-state index contributed by atoms with van der Waals surface area (Å²) in [5.74, 6) is 0.529. The van der Waals surface area contributed by atoms with E-state index in [9.17, 15) is 13.2 Å². The van der Waals surface area contributed by atoms with Gasteiger partial charge >= 0.3 is 6.18 Å². The number of aromatic nitrogens is 4. The SMILES string of the molecule is CCc1nnnn1-c1ccc(C(F)(F)F)cc1N. The summed E-state index contributed by atoms with van der Waals surface area (Å²) >= 11 is 0. The Balaban J connectivity index is 2.48. The van der Waals surface area contributed by atoms with Gasteiger partial charge in [0.05, 0.1) is 16.9 Å². The lowest BCUT2D eigenvalue weighted by atomic mass is 10.1. The van der Waals surface area contributed by atoms with Gasteiger partial charge in [0.2, 0.25) is 0 Å². The zero-order chi connectivity index (χ0) is 13.3. The predicted octanol–water partition coefficient (Wildman–Crippen LogP) is 1.83. The van der Waals surface area contributed by atoms with Crippen LogP contribution in [0, 0.1) is 0 Å². The van der Waals surface area contributed by atoms with Crippen LogP contribution < -0.4 is 5.73 Å². The van der Waals surface area contributed by atoms with Gasteiger partial charge in [-0.25, -0.2) is 0 Å². The number of halogens is 3. The van der Waals surface area contributed by atoms with Crippen molar-refractivity contribution in [2.75, 3.05) is 5.73 Å². The quantitative estimate of drug-likeness (QED) is 0.833. The van der Waals surface area contributed by atoms with E-state index in [0.717, 1.165) is 12.1 Å². The molecule has 5 nitrogen and oxygen atoms in total. The van der Waals surface area contributed by atoms with Crippen molar-refractivity contribution in [1.82, 2.24) is 20.2 Å². The van der Waals surface area contributed by atoms with Crippen LogP contribution in [0.1, 0.15) is 18.3 Å². The summed E-state index contributed by atoms with van der Waals surface area (Å²) in [6.07, 6.45) is -3.87. The van der Waals surface area contributed by atoms with Gasteiger partial charge in [-0.3, -0.25) is 0 Å². The number of hydrogen-bond acceptors (Lipinski definition) is 4. The summed E-state index contributed by atoms with van der Waals surface area (Å²) < 4.78 is 38.8. The smallest absolute Gasteiger partial charge is 0.397 e. The third kappa shape index (κ3) is 2.13. The second kappa shape index (κ2) is 4.28. The van der Waals surface area contributed by atoms with E-state index in [1.807, 2.05) is 6.92 Å². The van der Waals surface area contributed by atoms with Crippen LogP contribution in [0.15, 0.2) is 18.2 Å². The number of alkyl halides is 3. The molecule has 8 heteroatoms. The standard InChI is InChI=1S/C10H10F3N5/c1-2-9-15-16-17-18(9)8-4-3-6(5-7(8)14)10(11,12)13/h3-5H,2,14H2,1H3. The van der Waals surface area contributed by atoms with Gasteiger partial charge in [0.1, 0.15) is 0 Å². The van der Waals surface area contributed by atoms with Gasteiger partial charge in [-0.1, -0.05) is 6.92 Å². The summed E-state index contributed by atoms with van der Waals surface area (Å²) in [5.41, 5.74) is 5.14. The number of hydrogen-bond donors (Lipinski definition) is 1. The summed E-state index contributed by atoms with van der Waals surface area (Å²) in [5, 5.41) is 10.9. The topological polar surface area (TPSA) is 69.6 Å². The Hall–Kier alpha value is -2.12. The molecule has 0 radical (unpaired) electrons. The van der Waals surface area contributed by atoms with Crippen LogP contribution in [0.2, 0.25) is 0 Å². The molecule has 0 aliphatic heterocycles. The number of benzene rings is 1. The highest BCUT2D eigenvalue weighted by Crippen LogP contribution is 2.32. The molecule has 0 aliphatic carbocycles. The van der Waals surface area contributed by atoms with Crippen molar-refractivity contribution in [3.63, 3.8) is 0 Å². The van der Waals surface area contributed by atoms with E-state index in [1.54, 1.807) is 0 Å². The highest BCUT2D eigenvalue weighted by atomic mass is 19.4. The Bertz CT molecular complexity index is 561. The van der Waals surface area contributed by atoms with Gasteiger partial charge in [0.15, 0.2) is 5.82 Å². The molecule has 0 amide bonds. The van der Waals surface area contributed by atoms with Crippen LogP contribution in [0.4, 0.5) is 18.9 Å². The maximum atomic E-state index is 12.5. The molecule has 0 aliphatic rings. The highest BCUT2D eigenvalue weighted by molar-refractivity contribution is 5.59. The van der Waals surface area contributed by atoms with Gasteiger partial charge in [0.25, 0.3) is 0 Å². The normalized spacial score (nSPS) is 11.8. The summed E-state index contributed by atoms with van der Waals surface area (Å²) in [6.45, 7) is 1.84. The first kappa shape index (κ1) is 12.3. The lowest BCUT2D eigenvalue weighted by Gasteiger charge is -2.11. The minimum atomic E-state index is -4.42. The van der Waals surface area contributed by atoms with Crippen molar-refractivity contribution in [1.29, 1.82) is 0 Å². The Morgan fingerprint density at radius 2 is 2.06 bits per heavy atom. The van der Waals surface area contributed by atoms with Crippen LogP contribution in [0.5, 0.6) is 0 Å². The van der Waals surface area contributed by atoms with Crippen LogP contribution in [-0.4, -0.2) is 20.2 Å². The van der Waals surface area contributed by atoms with Gasteiger partial charge in [-0.2, -0.15) is 17.9 Å². The molecule has 1 heterocycles. The molecule has 2 rings (SSSR count). The van der Waals surface area contributed by atoms with Crippen molar-refractivity contribution in [2.24, 2.45) is 0 Å². The maximum absolute atomic E-state index is 12.5. The molecule has 18 heavy (non-hydrogen) atoms. The molecular weight excluding hydrogens is 247 g/mol. The Morgan fingerprint density at radius 1 is 1.33 bits per heavy atom. The molecule has 0 unspecified atom stereocenters. The van der Waals surface area contributed by atoms with Crippen molar-refractivity contribution in [3.8, 4) is 5.69 Å². The molecule has 2 aromatic rings. The highest BCUT2D eigenvalue weighted by Gasteiger charge is 2.31. The van der Waals surface area contributed by atoms with E-state index in [1.165, 1.54) is 10.7 Å². The average Bonchev–Trinajstić information content (AvgIpc) is 2.75. The van der Waals surface area contributed by atoms with Gasteiger partial charge in [0, 0.05) is 6.42 Å². The number of nitrogens with two attached hydrogens (primary N) is 1. The van der Waals surface area contributed by atoms with E-state index < -0.39 is 11.7 Å². The number of tetrazole rings is 1. The zero-order valence-electron chi connectivity index (χ0n) is 9.44. The first-order valence-corrected chi connectivity index (χ1v) is 5.18. The second-order valence-electron chi connectivity index (χ2n) is 3.63. The van der Waals surface area contributed by atoms with Gasteiger partial charge in [-0.05, 0) is 28.6 Å². The minimum absolute atomic E-state index is 0.0215. The number of nitrogen functional groups attached to an aromatic ring is 1. The Kier molecular flexibility index (Phi) is 2.93. The molecule has 2 N–H and O–H groups in total. The summed E-state index contributed by atoms with van der Waals surface area (Å²) in [4.78, 5) is 0. The van der Waals surface area contributed by atoms with Crippen LogP contribution >= 0.6 is 0 Å². The van der Waals surface area contributed by atoms with Gasteiger partial charge < -0.3 is 5.73 Å². The fraction of sp³-hybridized carbons (Fsp3) is 0.300. The van der Waals surface area contributed by atoms with E-state index in [4.69, 9.17) is 5.73 Å². The molecule has 0 saturated carbocycles. The van der Waals surface area contributed by atoms with Crippen molar-refractivity contribution >= 4 is 5.69 Å². The predicted molar refractivity (Wildman–Crippen MR) is 57.9 cm³/mol. The molecule has 0 fully saturated rings. The first-order valence-electron chi connectivity index (χ1n) is 5.18. The number of anilines is 1. The fourth-order valence-electron chi connectivity index (χ4n) is 1.54. The molecule has 0 bridgehead atoms. The second-order valence-corrected chi connectivity index (χ2v) is 3.63. The van der Waals surface area contributed by atoms with Crippen LogP contribution in [0.25, 0.3) is 5.69 Å². The Morgan fingerprint density at radius 3 is 2.61 bits per heavy atom. The largest absolute Gasteiger partial charge is 0.416 e. The van der Waals surface area contributed by atoms with E-state index in [0.29, 0.717) is 17.9 Å². The maximum Gasteiger partial charge on any atom is 0.416 e. The lowest BCUT2D eigenvalue weighted by molar-refractivity contribution is -0.137. The van der Waals surface area contributed by atoms with Crippen molar-refractivity contribution in [2.45, 2.75) is 19.5 Å². The number of nitrogens with zero attached hydrogens (tertiary/aromatic N) is 4. The number of rotatable bonds is 2. The van der Waals surface area contributed by atoms with E-state index in [2.05, 4.69) is 15.5 Å². The molecular formula is C10H10F3N5. The molecule has 1 aromatic carbocycles.